The molecule has 2 aliphatic rings. The van der Waals surface area contributed by atoms with E-state index in [9.17, 15) is 23.2 Å². The van der Waals surface area contributed by atoms with E-state index < -0.39 is 12.5 Å². The van der Waals surface area contributed by atoms with Crippen LogP contribution in [0, 0.1) is 11.3 Å². The molecule has 0 spiro atoms. The molecule has 2 aromatic carbocycles. The van der Waals surface area contributed by atoms with Crippen LogP contribution in [0.2, 0.25) is 0 Å². The average Bonchev–Trinajstić information content (AvgIpc) is 3.38. The molecule has 1 amide bonds. The molecule has 9 heteroatoms. The molecule has 6 nitrogen and oxygen atoms in total. The van der Waals surface area contributed by atoms with Crippen LogP contribution in [0.4, 0.5) is 18.9 Å². The van der Waals surface area contributed by atoms with Gasteiger partial charge in [0.15, 0.2) is 6.10 Å². The number of hydrogen-bond donors (Lipinski definition) is 1. The second-order valence-electron chi connectivity index (χ2n) is 6.25. The summed E-state index contributed by atoms with van der Waals surface area (Å²) in [4.78, 5) is 12.1. The largest absolute Gasteiger partial charge is 0.573 e. The van der Waals surface area contributed by atoms with Gasteiger partial charge in [0.25, 0.3) is 5.91 Å². The normalized spacial score (nSPS) is 17.3. The number of epoxide rings is 1. The van der Waals surface area contributed by atoms with Gasteiger partial charge in [-0.05, 0) is 23.8 Å². The summed E-state index contributed by atoms with van der Waals surface area (Å²) in [5.74, 6) is -0.209. The van der Waals surface area contributed by atoms with Crippen LogP contribution in [0.5, 0.6) is 11.5 Å². The summed E-state index contributed by atoms with van der Waals surface area (Å²) in [5, 5.41) is 12.2. The van der Waals surface area contributed by atoms with Crippen molar-refractivity contribution in [3.8, 4) is 28.7 Å². The third-order valence-electron chi connectivity index (χ3n) is 4.37. The number of carbonyl (C=O) groups excluding carboxylic acids is 1. The summed E-state index contributed by atoms with van der Waals surface area (Å²) in [6.07, 6.45) is -4.81. The molecule has 0 radical (unpaired) electrons. The number of benzene rings is 2. The van der Waals surface area contributed by atoms with Crippen LogP contribution < -0.4 is 14.8 Å². The molecular weight excluding hydrogens is 377 g/mol. The number of nitrogens with zero attached hydrogens (tertiary/aromatic N) is 1. The Morgan fingerprint density at radius 1 is 1.29 bits per heavy atom. The number of anilines is 1. The zero-order valence-corrected chi connectivity index (χ0v) is 14.3. The summed E-state index contributed by atoms with van der Waals surface area (Å²) >= 11 is 0. The van der Waals surface area contributed by atoms with E-state index in [0.717, 1.165) is 0 Å². The van der Waals surface area contributed by atoms with Gasteiger partial charge in [-0.3, -0.25) is 4.79 Å². The minimum absolute atomic E-state index is 0.308. The van der Waals surface area contributed by atoms with Crippen LogP contribution in [0.15, 0.2) is 30.3 Å². The maximum absolute atomic E-state index is 12.3. The summed E-state index contributed by atoms with van der Waals surface area (Å²) in [7, 11) is 0. The van der Waals surface area contributed by atoms with Crippen molar-refractivity contribution < 1.29 is 32.2 Å². The summed E-state index contributed by atoms with van der Waals surface area (Å²) in [6, 6.07) is 8.98. The molecule has 28 heavy (non-hydrogen) atoms. The Labute approximate surface area is 157 Å². The third-order valence-corrected chi connectivity index (χ3v) is 4.37. The van der Waals surface area contributed by atoms with Crippen molar-refractivity contribution in [2.45, 2.75) is 18.9 Å². The monoisotopic (exact) mass is 390 g/mol. The smallest absolute Gasteiger partial charge is 0.492 e. The van der Waals surface area contributed by atoms with E-state index in [1.54, 1.807) is 6.07 Å². The van der Waals surface area contributed by atoms with E-state index in [4.69, 9.17) is 9.47 Å². The fourth-order valence-electron chi connectivity index (χ4n) is 3.07. The molecule has 1 fully saturated rings. The average molecular weight is 390 g/mol. The van der Waals surface area contributed by atoms with E-state index >= 15 is 0 Å². The van der Waals surface area contributed by atoms with Crippen molar-refractivity contribution in [3.05, 3.63) is 41.5 Å². The lowest BCUT2D eigenvalue weighted by Gasteiger charge is -2.15. The van der Waals surface area contributed by atoms with Gasteiger partial charge in [-0.15, -0.1) is 13.2 Å². The quantitative estimate of drug-likeness (QED) is 0.809. The van der Waals surface area contributed by atoms with E-state index in [1.165, 1.54) is 24.3 Å². The van der Waals surface area contributed by atoms with Gasteiger partial charge in [0, 0.05) is 17.5 Å². The van der Waals surface area contributed by atoms with Crippen LogP contribution in [0.25, 0.3) is 11.1 Å². The first-order valence-electron chi connectivity index (χ1n) is 8.37. The molecule has 2 heterocycles. The molecule has 1 atom stereocenters. The van der Waals surface area contributed by atoms with E-state index in [-0.39, 0.29) is 11.7 Å². The summed E-state index contributed by atoms with van der Waals surface area (Å²) < 4.78 is 51.5. The maximum atomic E-state index is 12.3. The van der Waals surface area contributed by atoms with Gasteiger partial charge in [0.05, 0.1) is 24.5 Å². The van der Waals surface area contributed by atoms with Gasteiger partial charge in [-0.1, -0.05) is 12.1 Å². The zero-order valence-electron chi connectivity index (χ0n) is 14.3. The minimum atomic E-state index is -4.78. The molecule has 2 aromatic rings. The number of carbonyl (C=O) groups is 1. The Morgan fingerprint density at radius 3 is 2.61 bits per heavy atom. The second kappa shape index (κ2) is 6.73. The maximum Gasteiger partial charge on any atom is 0.573 e. The number of ether oxygens (including phenoxy) is 3. The fourth-order valence-corrected chi connectivity index (χ4v) is 3.07. The molecule has 4 rings (SSSR count). The van der Waals surface area contributed by atoms with Crippen molar-refractivity contribution in [3.63, 3.8) is 0 Å². The lowest BCUT2D eigenvalue weighted by atomic mass is 9.95. The standard InChI is InChI=1S/C19H13F3N2O4/c20-19(21,22)28-11-3-1-10(2-4-11)13-7-15(24-18(25)16-9-27-16)14(8-23)12-5-6-26-17(12)13/h1-4,7,16H,5-6,9H2,(H,24,25). The molecule has 0 aliphatic carbocycles. The molecule has 0 saturated carbocycles. The van der Waals surface area contributed by atoms with Crippen LogP contribution >= 0.6 is 0 Å². The van der Waals surface area contributed by atoms with Gasteiger partial charge in [-0.2, -0.15) is 5.26 Å². The highest BCUT2D eigenvalue weighted by molar-refractivity contribution is 5.98. The third kappa shape index (κ3) is 3.59. The summed E-state index contributed by atoms with van der Waals surface area (Å²) in [5.41, 5.74) is 2.41. The predicted octanol–water partition coefficient (Wildman–Crippen LogP) is 3.40. The highest BCUT2D eigenvalue weighted by atomic mass is 19.4. The number of amides is 1. The Morgan fingerprint density at radius 2 is 2.00 bits per heavy atom. The van der Waals surface area contributed by atoms with Crippen molar-refractivity contribution in [1.82, 2.24) is 0 Å². The number of alkyl halides is 3. The van der Waals surface area contributed by atoms with Crippen LogP contribution in [-0.4, -0.2) is 31.6 Å². The van der Waals surface area contributed by atoms with Crippen LogP contribution in [-0.2, 0) is 16.0 Å². The number of fused-ring (bicyclic) bond motifs is 1. The van der Waals surface area contributed by atoms with Crippen LogP contribution in [0.1, 0.15) is 11.1 Å². The minimum Gasteiger partial charge on any atom is -0.492 e. The Hall–Kier alpha value is -3.25. The molecule has 0 aromatic heterocycles. The van der Waals surface area contributed by atoms with E-state index in [1.807, 2.05) is 0 Å². The molecule has 2 aliphatic heterocycles. The Kier molecular flexibility index (Phi) is 4.35. The first-order valence-corrected chi connectivity index (χ1v) is 8.37. The number of nitriles is 1. The number of halogens is 3. The molecule has 0 bridgehead atoms. The second-order valence-corrected chi connectivity index (χ2v) is 6.25. The topological polar surface area (TPSA) is 83.9 Å². The highest BCUT2D eigenvalue weighted by Crippen LogP contribution is 2.43. The van der Waals surface area contributed by atoms with Gasteiger partial charge >= 0.3 is 6.36 Å². The first-order chi connectivity index (χ1) is 13.4. The Balaban J connectivity index is 1.73. The number of nitrogens with one attached hydrogen (secondary N) is 1. The SMILES string of the molecule is N#Cc1c(NC(=O)C2CO2)cc(-c2ccc(OC(F)(F)F)cc2)c2c1CCO2. The van der Waals surface area contributed by atoms with Crippen LogP contribution in [0.3, 0.4) is 0 Å². The van der Waals surface area contributed by atoms with Crippen molar-refractivity contribution in [1.29, 1.82) is 5.26 Å². The van der Waals surface area contributed by atoms with Crippen molar-refractivity contribution in [2.75, 3.05) is 18.5 Å². The van der Waals surface area contributed by atoms with Gasteiger partial charge in [0.1, 0.15) is 17.6 Å². The molecule has 1 N–H and O–H groups in total. The lowest BCUT2D eigenvalue weighted by Crippen LogP contribution is -2.19. The number of hydrogen-bond acceptors (Lipinski definition) is 5. The van der Waals surface area contributed by atoms with Crippen molar-refractivity contribution >= 4 is 11.6 Å². The van der Waals surface area contributed by atoms with E-state index in [0.29, 0.717) is 53.3 Å². The molecule has 1 unspecified atom stereocenters. The first kappa shape index (κ1) is 18.1. The fraction of sp³-hybridized carbons (Fsp3) is 0.263. The highest BCUT2D eigenvalue weighted by Gasteiger charge is 2.33. The van der Waals surface area contributed by atoms with Gasteiger partial charge < -0.3 is 19.5 Å². The van der Waals surface area contributed by atoms with Gasteiger partial charge in [-0.25, -0.2) is 0 Å². The van der Waals surface area contributed by atoms with Gasteiger partial charge in [0.2, 0.25) is 0 Å². The molecular formula is C19H13F3N2O4. The molecule has 144 valence electrons. The number of rotatable bonds is 4. The van der Waals surface area contributed by atoms with Crippen molar-refractivity contribution in [2.24, 2.45) is 0 Å². The summed E-state index contributed by atoms with van der Waals surface area (Å²) in [6.45, 7) is 0.699. The van der Waals surface area contributed by atoms with E-state index in [2.05, 4.69) is 16.1 Å². The predicted molar refractivity (Wildman–Crippen MR) is 90.8 cm³/mol. The lowest BCUT2D eigenvalue weighted by molar-refractivity contribution is -0.274. The molecule has 1 saturated heterocycles. The zero-order chi connectivity index (χ0) is 19.9. The Bertz CT molecular complexity index is 977.